The van der Waals surface area contributed by atoms with Crippen molar-refractivity contribution in [2.24, 2.45) is 0 Å². The first-order valence-electron chi connectivity index (χ1n) is 7.37. The summed E-state index contributed by atoms with van der Waals surface area (Å²) in [5.74, 6) is 0.749. The van der Waals surface area contributed by atoms with Gasteiger partial charge in [0, 0.05) is 26.9 Å². The van der Waals surface area contributed by atoms with Crippen molar-refractivity contribution < 1.29 is 9.32 Å². The van der Waals surface area contributed by atoms with Crippen molar-refractivity contribution in [3.05, 3.63) is 51.9 Å². The summed E-state index contributed by atoms with van der Waals surface area (Å²) in [4.78, 5) is 18.4. The third kappa shape index (κ3) is 3.64. The summed E-state index contributed by atoms with van der Waals surface area (Å²) in [5.41, 5.74) is 0.663. The van der Waals surface area contributed by atoms with Gasteiger partial charge >= 0.3 is 0 Å². The van der Waals surface area contributed by atoms with Crippen molar-refractivity contribution in [1.29, 1.82) is 0 Å². The van der Waals surface area contributed by atoms with Crippen LogP contribution in [0.2, 0.25) is 10.0 Å². The summed E-state index contributed by atoms with van der Waals surface area (Å²) in [7, 11) is 1.67. The molecule has 0 aliphatic rings. The highest BCUT2D eigenvalue weighted by molar-refractivity contribution is 6.37. The molecule has 3 aromatic rings. The molecule has 3 rings (SSSR count). The van der Waals surface area contributed by atoms with Gasteiger partial charge < -0.3 is 9.42 Å². The highest BCUT2D eigenvalue weighted by atomic mass is 35.5. The van der Waals surface area contributed by atoms with Crippen LogP contribution in [0.1, 0.15) is 22.2 Å². The Morgan fingerprint density at radius 3 is 2.68 bits per heavy atom. The molecule has 2 aromatic heterocycles. The number of rotatable bonds is 5. The number of carbonyl (C=O) groups excluding carboxylic acids is 1. The van der Waals surface area contributed by atoms with E-state index in [1.807, 2.05) is 0 Å². The molecule has 10 heteroatoms. The summed E-state index contributed by atoms with van der Waals surface area (Å²) < 4.78 is 6.25. The van der Waals surface area contributed by atoms with Crippen LogP contribution in [0.5, 0.6) is 0 Å². The molecule has 1 aromatic carbocycles. The van der Waals surface area contributed by atoms with Crippen LogP contribution in [-0.2, 0) is 6.42 Å². The second kappa shape index (κ2) is 7.20. The van der Waals surface area contributed by atoms with Gasteiger partial charge in [-0.2, -0.15) is 4.98 Å². The van der Waals surface area contributed by atoms with Gasteiger partial charge in [0.05, 0.1) is 16.2 Å². The number of aromatic nitrogens is 5. The first kappa shape index (κ1) is 17.4. The molecule has 0 saturated carbocycles. The first-order valence-corrected chi connectivity index (χ1v) is 8.12. The predicted molar refractivity (Wildman–Crippen MR) is 91.1 cm³/mol. The fraction of sp³-hybridized carbons (Fsp3) is 0.267. The summed E-state index contributed by atoms with van der Waals surface area (Å²) in [6.45, 7) is 2.11. The third-order valence-electron chi connectivity index (χ3n) is 3.50. The van der Waals surface area contributed by atoms with E-state index in [4.69, 9.17) is 27.7 Å². The quantitative estimate of drug-likeness (QED) is 0.675. The van der Waals surface area contributed by atoms with E-state index in [1.54, 1.807) is 32.2 Å². The van der Waals surface area contributed by atoms with Crippen LogP contribution >= 0.6 is 23.2 Å². The van der Waals surface area contributed by atoms with Gasteiger partial charge in [0.25, 0.3) is 5.91 Å². The fourth-order valence-corrected chi connectivity index (χ4v) is 2.80. The highest BCUT2D eigenvalue weighted by Gasteiger charge is 2.21. The molecule has 0 unspecified atom stereocenters. The minimum Gasteiger partial charge on any atom is -0.340 e. The van der Waals surface area contributed by atoms with Gasteiger partial charge in [0.15, 0.2) is 11.5 Å². The van der Waals surface area contributed by atoms with E-state index in [-0.39, 0.29) is 11.6 Å². The van der Waals surface area contributed by atoms with Gasteiger partial charge in [-0.3, -0.25) is 4.79 Å². The van der Waals surface area contributed by atoms with Crippen molar-refractivity contribution in [2.45, 2.75) is 13.3 Å². The maximum Gasteiger partial charge on any atom is 0.274 e. The lowest BCUT2D eigenvalue weighted by Gasteiger charge is -2.17. The minimum absolute atomic E-state index is 0.252. The zero-order valence-corrected chi connectivity index (χ0v) is 15.0. The molecule has 130 valence electrons. The lowest BCUT2D eigenvalue weighted by Crippen LogP contribution is -2.30. The Labute approximate surface area is 153 Å². The molecule has 25 heavy (non-hydrogen) atoms. The van der Waals surface area contributed by atoms with E-state index >= 15 is 0 Å². The molecule has 1 amide bonds. The number of amides is 1. The molecule has 0 atom stereocenters. The second-order valence-electron chi connectivity index (χ2n) is 5.31. The van der Waals surface area contributed by atoms with Crippen molar-refractivity contribution in [2.75, 3.05) is 13.6 Å². The van der Waals surface area contributed by atoms with Crippen molar-refractivity contribution in [3.63, 3.8) is 0 Å². The molecular formula is C15H14Cl2N6O2. The highest BCUT2D eigenvalue weighted by Crippen LogP contribution is 2.28. The summed E-state index contributed by atoms with van der Waals surface area (Å²) in [5, 5.41) is 12.3. The second-order valence-corrected chi connectivity index (χ2v) is 6.12. The van der Waals surface area contributed by atoms with E-state index in [1.165, 1.54) is 15.8 Å². The number of para-hydroxylation sites is 1. The SMILES string of the molecule is Cc1nc(CCN(C)C(=O)c2cnnn2-c2c(Cl)cccc2Cl)no1. The average molecular weight is 381 g/mol. The van der Waals surface area contributed by atoms with Crippen LogP contribution in [0.15, 0.2) is 28.9 Å². The number of halogens is 2. The molecule has 0 aliphatic carbocycles. The van der Waals surface area contributed by atoms with E-state index in [2.05, 4.69) is 20.5 Å². The van der Waals surface area contributed by atoms with E-state index in [0.29, 0.717) is 40.4 Å². The van der Waals surface area contributed by atoms with Gasteiger partial charge in [0.2, 0.25) is 5.89 Å². The molecule has 0 radical (unpaired) electrons. The minimum atomic E-state index is -0.277. The Kier molecular flexibility index (Phi) is 5.00. The Balaban J connectivity index is 1.80. The predicted octanol–water partition coefficient (Wildman–Crippen LogP) is 2.58. The number of hydrogen-bond donors (Lipinski definition) is 0. The monoisotopic (exact) mass is 380 g/mol. The van der Waals surface area contributed by atoms with Crippen LogP contribution in [-0.4, -0.2) is 49.5 Å². The molecule has 0 fully saturated rings. The summed E-state index contributed by atoms with van der Waals surface area (Å²) >= 11 is 12.4. The Hall–Kier alpha value is -2.45. The normalized spacial score (nSPS) is 10.9. The number of hydrogen-bond acceptors (Lipinski definition) is 6. The molecule has 0 spiro atoms. The maximum atomic E-state index is 12.7. The number of nitrogens with zero attached hydrogens (tertiary/aromatic N) is 6. The van der Waals surface area contributed by atoms with Crippen LogP contribution in [0.3, 0.4) is 0 Å². The van der Waals surface area contributed by atoms with Crippen molar-refractivity contribution in [3.8, 4) is 5.69 Å². The van der Waals surface area contributed by atoms with Crippen LogP contribution in [0.4, 0.5) is 0 Å². The smallest absolute Gasteiger partial charge is 0.274 e. The molecule has 0 N–H and O–H groups in total. The molecule has 2 heterocycles. The van der Waals surface area contributed by atoms with Gasteiger partial charge in [-0.15, -0.1) is 5.10 Å². The lowest BCUT2D eigenvalue weighted by molar-refractivity contribution is 0.0787. The largest absolute Gasteiger partial charge is 0.340 e. The standard InChI is InChI=1S/C15H14Cl2N6O2/c1-9-19-13(20-25-9)6-7-22(2)15(24)12-8-18-21-23(12)14-10(16)4-3-5-11(14)17/h3-5,8H,6-7H2,1-2H3. The molecular weight excluding hydrogens is 367 g/mol. The Morgan fingerprint density at radius 2 is 2.04 bits per heavy atom. The van der Waals surface area contributed by atoms with Gasteiger partial charge in [0.1, 0.15) is 5.69 Å². The first-order chi connectivity index (χ1) is 12.0. The van der Waals surface area contributed by atoms with Crippen LogP contribution in [0.25, 0.3) is 5.69 Å². The number of benzene rings is 1. The zero-order chi connectivity index (χ0) is 18.0. The van der Waals surface area contributed by atoms with Gasteiger partial charge in [-0.1, -0.05) is 39.6 Å². The van der Waals surface area contributed by atoms with E-state index < -0.39 is 0 Å². The molecule has 8 nitrogen and oxygen atoms in total. The van der Waals surface area contributed by atoms with Crippen LogP contribution in [0, 0.1) is 6.92 Å². The lowest BCUT2D eigenvalue weighted by atomic mass is 10.3. The third-order valence-corrected chi connectivity index (χ3v) is 4.11. The topological polar surface area (TPSA) is 89.9 Å². The van der Waals surface area contributed by atoms with Gasteiger partial charge in [-0.25, -0.2) is 4.68 Å². The Bertz CT molecular complexity index is 887. The van der Waals surface area contributed by atoms with Crippen molar-refractivity contribution in [1.82, 2.24) is 30.0 Å². The average Bonchev–Trinajstić information content (AvgIpc) is 3.21. The molecule has 0 saturated heterocycles. The summed E-state index contributed by atoms with van der Waals surface area (Å²) in [6, 6.07) is 5.05. The Morgan fingerprint density at radius 1 is 1.32 bits per heavy atom. The number of aryl methyl sites for hydroxylation is 1. The molecule has 0 aliphatic heterocycles. The van der Waals surface area contributed by atoms with Gasteiger partial charge in [-0.05, 0) is 12.1 Å². The van der Waals surface area contributed by atoms with E-state index in [9.17, 15) is 4.79 Å². The van der Waals surface area contributed by atoms with Crippen molar-refractivity contribution >= 4 is 29.1 Å². The van der Waals surface area contributed by atoms with Crippen LogP contribution < -0.4 is 0 Å². The fourth-order valence-electron chi connectivity index (χ4n) is 2.25. The van der Waals surface area contributed by atoms with E-state index in [0.717, 1.165) is 0 Å². The maximum absolute atomic E-state index is 12.7. The number of carbonyl (C=O) groups is 1. The zero-order valence-electron chi connectivity index (χ0n) is 13.5. The number of likely N-dealkylation sites (N-methyl/N-ethyl adjacent to an activating group) is 1. The molecule has 0 bridgehead atoms. The summed E-state index contributed by atoms with van der Waals surface area (Å²) in [6.07, 6.45) is 1.84.